The first kappa shape index (κ1) is 24.6. The zero-order valence-electron chi connectivity index (χ0n) is 17.9. The minimum Gasteiger partial charge on any atom is -0.348 e. The smallest absolute Gasteiger partial charge is 0.243 e. The highest BCUT2D eigenvalue weighted by molar-refractivity contribution is 5.95. The third kappa shape index (κ3) is 6.93. The molecule has 1 aliphatic heterocycles. The zero-order valence-corrected chi connectivity index (χ0v) is 17.9. The molecular formula is C20H28F3N5O3. The predicted molar refractivity (Wildman–Crippen MR) is 109 cm³/mol. The van der Waals surface area contributed by atoms with E-state index in [9.17, 15) is 27.6 Å². The summed E-state index contributed by atoms with van der Waals surface area (Å²) in [6, 6.07) is 1.08. The van der Waals surface area contributed by atoms with Crippen molar-refractivity contribution in [3.8, 4) is 0 Å². The Bertz CT molecular complexity index is 821. The molecule has 11 heteroatoms. The first-order valence-electron chi connectivity index (χ1n) is 9.97. The van der Waals surface area contributed by atoms with Crippen LogP contribution in [0.1, 0.15) is 13.3 Å². The molecule has 0 saturated carbocycles. The van der Waals surface area contributed by atoms with Crippen LogP contribution in [0, 0.1) is 17.5 Å². The highest BCUT2D eigenvalue weighted by Crippen LogP contribution is 2.19. The van der Waals surface area contributed by atoms with E-state index in [0.29, 0.717) is 32.2 Å². The Balaban J connectivity index is 1.82. The minimum atomic E-state index is -1.68. The number of benzene rings is 1. The average Bonchev–Trinajstić information content (AvgIpc) is 2.97. The minimum absolute atomic E-state index is 0.0164. The van der Waals surface area contributed by atoms with Gasteiger partial charge in [0.2, 0.25) is 17.7 Å². The maximum absolute atomic E-state index is 13.6. The Morgan fingerprint density at radius 3 is 2.45 bits per heavy atom. The van der Waals surface area contributed by atoms with Gasteiger partial charge >= 0.3 is 0 Å². The summed E-state index contributed by atoms with van der Waals surface area (Å²) in [5, 5.41) is 4.57. The molecule has 0 bridgehead atoms. The molecule has 3 amide bonds. The highest BCUT2D eigenvalue weighted by Gasteiger charge is 2.25. The normalized spacial score (nSPS) is 16.3. The van der Waals surface area contributed by atoms with Crippen LogP contribution in [0.2, 0.25) is 0 Å². The Kier molecular flexibility index (Phi) is 8.81. The van der Waals surface area contributed by atoms with E-state index in [1.807, 2.05) is 9.80 Å². The van der Waals surface area contributed by atoms with Gasteiger partial charge in [0.05, 0.1) is 24.8 Å². The van der Waals surface area contributed by atoms with Gasteiger partial charge < -0.3 is 15.5 Å². The molecule has 0 aliphatic carbocycles. The SMILES string of the molecule is CC(C(=O)NCC(=O)Nc1ccc(F)c(F)c1F)N1CCCN(CC(=O)N(C)C)CC1. The molecule has 1 aromatic carbocycles. The molecule has 1 heterocycles. The van der Waals surface area contributed by atoms with E-state index in [-0.39, 0.29) is 5.91 Å². The molecule has 1 fully saturated rings. The predicted octanol–water partition coefficient (Wildman–Crippen LogP) is 0.643. The molecule has 1 aliphatic rings. The summed E-state index contributed by atoms with van der Waals surface area (Å²) in [6.07, 6.45) is 0.786. The van der Waals surface area contributed by atoms with Crippen molar-refractivity contribution < 1.29 is 27.6 Å². The van der Waals surface area contributed by atoms with E-state index in [1.165, 1.54) is 4.90 Å². The second-order valence-electron chi connectivity index (χ2n) is 7.62. The summed E-state index contributed by atoms with van der Waals surface area (Å²) in [6.45, 7) is 4.21. The first-order valence-corrected chi connectivity index (χ1v) is 9.97. The lowest BCUT2D eigenvalue weighted by Gasteiger charge is -2.27. The van der Waals surface area contributed by atoms with Gasteiger partial charge in [0, 0.05) is 33.7 Å². The van der Waals surface area contributed by atoms with E-state index >= 15 is 0 Å². The molecule has 1 unspecified atom stereocenters. The lowest BCUT2D eigenvalue weighted by atomic mass is 10.2. The van der Waals surface area contributed by atoms with E-state index < -0.39 is 47.5 Å². The second kappa shape index (κ2) is 11.1. The number of carbonyl (C=O) groups excluding carboxylic acids is 3. The van der Waals surface area contributed by atoms with Crippen molar-refractivity contribution in [2.45, 2.75) is 19.4 Å². The van der Waals surface area contributed by atoms with Gasteiger partial charge in [0.15, 0.2) is 17.5 Å². The van der Waals surface area contributed by atoms with Crippen LogP contribution in [-0.4, -0.2) is 91.8 Å². The van der Waals surface area contributed by atoms with Crippen molar-refractivity contribution in [3.05, 3.63) is 29.6 Å². The van der Waals surface area contributed by atoms with Crippen LogP contribution in [0.3, 0.4) is 0 Å². The van der Waals surface area contributed by atoms with Crippen LogP contribution in [0.15, 0.2) is 12.1 Å². The molecule has 172 valence electrons. The number of halogens is 3. The number of anilines is 1. The third-order valence-electron chi connectivity index (χ3n) is 5.14. The van der Waals surface area contributed by atoms with Crippen LogP contribution in [-0.2, 0) is 14.4 Å². The van der Waals surface area contributed by atoms with Gasteiger partial charge in [-0.25, -0.2) is 13.2 Å². The standard InChI is InChI=1S/C20H28F3N5O3/c1-13(28-8-4-7-27(9-10-28)12-17(30)26(2)3)20(31)24-11-16(29)25-15-6-5-14(21)18(22)19(15)23/h5-6,13H,4,7-12H2,1-3H3,(H,24,31)(H,25,29). The van der Waals surface area contributed by atoms with Crippen LogP contribution in [0.5, 0.6) is 0 Å². The van der Waals surface area contributed by atoms with Crippen molar-refractivity contribution in [2.75, 3.05) is 58.7 Å². The Morgan fingerprint density at radius 1 is 1.06 bits per heavy atom. The topological polar surface area (TPSA) is 85.0 Å². The summed E-state index contributed by atoms with van der Waals surface area (Å²) in [5.74, 6) is -5.69. The van der Waals surface area contributed by atoms with Crippen LogP contribution in [0.4, 0.5) is 18.9 Å². The van der Waals surface area contributed by atoms with Crippen LogP contribution >= 0.6 is 0 Å². The number of carbonyl (C=O) groups is 3. The highest BCUT2D eigenvalue weighted by atomic mass is 19.2. The largest absolute Gasteiger partial charge is 0.348 e. The summed E-state index contributed by atoms with van der Waals surface area (Å²) in [5.41, 5.74) is -0.508. The van der Waals surface area contributed by atoms with Gasteiger partial charge in [-0.2, -0.15) is 0 Å². The number of rotatable bonds is 7. The molecule has 0 aromatic heterocycles. The van der Waals surface area contributed by atoms with Gasteiger partial charge in [-0.3, -0.25) is 24.2 Å². The molecule has 2 N–H and O–H groups in total. The second-order valence-corrected chi connectivity index (χ2v) is 7.62. The van der Waals surface area contributed by atoms with Gasteiger partial charge in [-0.1, -0.05) is 0 Å². The molecular weight excluding hydrogens is 415 g/mol. The van der Waals surface area contributed by atoms with E-state index in [1.54, 1.807) is 21.0 Å². The average molecular weight is 443 g/mol. The van der Waals surface area contributed by atoms with E-state index in [4.69, 9.17) is 0 Å². The number of amides is 3. The van der Waals surface area contributed by atoms with Crippen molar-refractivity contribution in [1.29, 1.82) is 0 Å². The zero-order chi connectivity index (χ0) is 23.1. The summed E-state index contributed by atoms with van der Waals surface area (Å²) < 4.78 is 39.8. The molecule has 1 atom stereocenters. The van der Waals surface area contributed by atoms with Crippen molar-refractivity contribution in [1.82, 2.24) is 20.0 Å². The van der Waals surface area contributed by atoms with Gasteiger partial charge in [0.25, 0.3) is 0 Å². The molecule has 1 saturated heterocycles. The molecule has 8 nitrogen and oxygen atoms in total. The Hall–Kier alpha value is -2.66. The molecule has 1 aromatic rings. The lowest BCUT2D eigenvalue weighted by molar-refractivity contribution is -0.130. The van der Waals surface area contributed by atoms with Crippen LogP contribution < -0.4 is 10.6 Å². The number of nitrogens with one attached hydrogen (secondary N) is 2. The first-order chi connectivity index (χ1) is 14.6. The van der Waals surface area contributed by atoms with Gasteiger partial charge in [-0.15, -0.1) is 0 Å². The van der Waals surface area contributed by atoms with Crippen molar-refractivity contribution in [2.24, 2.45) is 0 Å². The maximum Gasteiger partial charge on any atom is 0.243 e. The summed E-state index contributed by atoms with van der Waals surface area (Å²) in [4.78, 5) is 41.8. The fraction of sp³-hybridized carbons (Fsp3) is 0.550. The number of hydrogen-bond acceptors (Lipinski definition) is 5. The monoisotopic (exact) mass is 443 g/mol. The molecule has 31 heavy (non-hydrogen) atoms. The lowest BCUT2D eigenvalue weighted by Crippen LogP contribution is -2.48. The molecule has 0 spiro atoms. The van der Waals surface area contributed by atoms with Crippen LogP contribution in [0.25, 0.3) is 0 Å². The Morgan fingerprint density at radius 2 is 1.77 bits per heavy atom. The van der Waals surface area contributed by atoms with E-state index in [0.717, 1.165) is 19.0 Å². The quantitative estimate of drug-likeness (QED) is 0.605. The van der Waals surface area contributed by atoms with E-state index in [2.05, 4.69) is 10.6 Å². The number of likely N-dealkylation sites (N-methyl/N-ethyl adjacent to an activating group) is 1. The fourth-order valence-electron chi connectivity index (χ4n) is 3.17. The third-order valence-corrected chi connectivity index (χ3v) is 5.14. The molecule has 2 rings (SSSR count). The number of nitrogens with zero attached hydrogens (tertiary/aromatic N) is 3. The summed E-state index contributed by atoms with van der Waals surface area (Å²) in [7, 11) is 3.41. The molecule has 0 radical (unpaired) electrons. The van der Waals surface area contributed by atoms with Gasteiger partial charge in [0.1, 0.15) is 0 Å². The Labute approximate surface area is 179 Å². The van der Waals surface area contributed by atoms with Gasteiger partial charge in [-0.05, 0) is 32.0 Å². The van der Waals surface area contributed by atoms with Crippen molar-refractivity contribution in [3.63, 3.8) is 0 Å². The maximum atomic E-state index is 13.6. The number of hydrogen-bond donors (Lipinski definition) is 2. The summed E-state index contributed by atoms with van der Waals surface area (Å²) >= 11 is 0. The van der Waals surface area contributed by atoms with Crippen molar-refractivity contribution >= 4 is 23.4 Å². The fourth-order valence-corrected chi connectivity index (χ4v) is 3.17.